The van der Waals surface area contributed by atoms with E-state index in [0.29, 0.717) is 0 Å². The van der Waals surface area contributed by atoms with Crippen molar-refractivity contribution >= 4 is 11.8 Å². The van der Waals surface area contributed by atoms with Crippen molar-refractivity contribution in [3.8, 4) is 6.07 Å². The third-order valence-corrected chi connectivity index (χ3v) is 3.16. The van der Waals surface area contributed by atoms with E-state index in [4.69, 9.17) is 11.0 Å². The molecule has 0 radical (unpaired) electrons. The van der Waals surface area contributed by atoms with Gasteiger partial charge in [0, 0.05) is 5.75 Å². The lowest BCUT2D eigenvalue weighted by molar-refractivity contribution is 0.583. The van der Waals surface area contributed by atoms with Gasteiger partial charge in [0.2, 0.25) is 0 Å². The molecule has 0 aliphatic rings. The fourth-order valence-corrected chi connectivity index (χ4v) is 2.25. The summed E-state index contributed by atoms with van der Waals surface area (Å²) in [6.07, 6.45) is 0.737. The molecule has 0 saturated carbocycles. The minimum atomic E-state index is -0.677. The lowest BCUT2D eigenvalue weighted by atomic mass is 10.0. The summed E-state index contributed by atoms with van der Waals surface area (Å²) < 4.78 is 0. The van der Waals surface area contributed by atoms with Gasteiger partial charge in [0.1, 0.15) is 5.54 Å². The number of thioether (sulfide) groups is 1. The summed E-state index contributed by atoms with van der Waals surface area (Å²) in [6, 6.07) is 12.4. The van der Waals surface area contributed by atoms with Crippen LogP contribution in [0.4, 0.5) is 0 Å². The van der Waals surface area contributed by atoms with Gasteiger partial charge in [0.25, 0.3) is 0 Å². The van der Waals surface area contributed by atoms with E-state index in [9.17, 15) is 0 Å². The van der Waals surface area contributed by atoms with Crippen molar-refractivity contribution in [1.29, 1.82) is 5.26 Å². The lowest BCUT2D eigenvalue weighted by Gasteiger charge is -2.14. The number of hydrogen-bond acceptors (Lipinski definition) is 3. The van der Waals surface area contributed by atoms with Gasteiger partial charge in [-0.25, -0.2) is 0 Å². The van der Waals surface area contributed by atoms with Gasteiger partial charge in [-0.15, -0.1) is 0 Å². The monoisotopic (exact) mass is 220 g/mol. The average molecular weight is 220 g/mol. The Morgan fingerprint density at radius 1 is 1.40 bits per heavy atom. The van der Waals surface area contributed by atoms with Crippen LogP contribution in [0.5, 0.6) is 0 Å². The van der Waals surface area contributed by atoms with Crippen LogP contribution in [-0.2, 0) is 5.75 Å². The van der Waals surface area contributed by atoms with E-state index in [-0.39, 0.29) is 0 Å². The minimum Gasteiger partial charge on any atom is -0.314 e. The zero-order valence-electron chi connectivity index (χ0n) is 8.94. The Morgan fingerprint density at radius 2 is 2.07 bits per heavy atom. The smallest absolute Gasteiger partial charge is 0.102 e. The SMILES string of the molecule is CC(N)(C#N)CCSCc1ccccc1. The fourth-order valence-electron chi connectivity index (χ4n) is 1.10. The Balaban J connectivity index is 2.21. The van der Waals surface area contributed by atoms with Gasteiger partial charge < -0.3 is 5.73 Å². The zero-order chi connectivity index (χ0) is 11.1. The summed E-state index contributed by atoms with van der Waals surface area (Å²) in [4.78, 5) is 0. The average Bonchev–Trinajstić information content (AvgIpc) is 2.26. The summed E-state index contributed by atoms with van der Waals surface area (Å²) in [5.74, 6) is 1.91. The maximum Gasteiger partial charge on any atom is 0.102 e. The zero-order valence-corrected chi connectivity index (χ0v) is 9.76. The van der Waals surface area contributed by atoms with E-state index in [1.165, 1.54) is 5.56 Å². The summed E-state index contributed by atoms with van der Waals surface area (Å²) in [5.41, 5.74) is 6.36. The second kappa shape index (κ2) is 5.79. The molecule has 1 aromatic carbocycles. The van der Waals surface area contributed by atoms with E-state index in [1.807, 2.05) is 30.0 Å². The van der Waals surface area contributed by atoms with Crippen LogP contribution in [0.25, 0.3) is 0 Å². The molecule has 0 fully saturated rings. The molecule has 0 spiro atoms. The molecule has 1 rings (SSSR count). The number of nitriles is 1. The highest BCUT2D eigenvalue weighted by Crippen LogP contribution is 2.15. The van der Waals surface area contributed by atoms with Crippen molar-refractivity contribution in [3.63, 3.8) is 0 Å². The van der Waals surface area contributed by atoms with Crippen LogP contribution in [0.15, 0.2) is 30.3 Å². The summed E-state index contributed by atoms with van der Waals surface area (Å²) in [5, 5.41) is 8.73. The van der Waals surface area contributed by atoms with Crippen LogP contribution in [0.2, 0.25) is 0 Å². The Bertz CT molecular complexity index is 327. The highest BCUT2D eigenvalue weighted by molar-refractivity contribution is 7.98. The Morgan fingerprint density at radius 3 is 2.67 bits per heavy atom. The van der Waals surface area contributed by atoms with Crippen molar-refractivity contribution < 1.29 is 0 Å². The summed E-state index contributed by atoms with van der Waals surface area (Å²) in [6.45, 7) is 1.77. The van der Waals surface area contributed by atoms with Crippen LogP contribution < -0.4 is 5.73 Å². The Kier molecular flexibility index (Phi) is 4.67. The molecule has 0 bridgehead atoms. The van der Waals surface area contributed by atoms with Crippen LogP contribution in [0, 0.1) is 11.3 Å². The number of hydrogen-bond donors (Lipinski definition) is 1. The van der Waals surface area contributed by atoms with Crippen LogP contribution in [0.1, 0.15) is 18.9 Å². The van der Waals surface area contributed by atoms with Gasteiger partial charge in [0.15, 0.2) is 0 Å². The van der Waals surface area contributed by atoms with Gasteiger partial charge in [-0.1, -0.05) is 30.3 Å². The standard InChI is InChI=1S/C12H16N2S/c1-12(14,10-13)7-8-15-9-11-5-3-2-4-6-11/h2-6H,7-9,14H2,1H3. The van der Waals surface area contributed by atoms with Gasteiger partial charge in [-0.2, -0.15) is 17.0 Å². The molecule has 0 saturated heterocycles. The molecule has 3 heteroatoms. The first-order chi connectivity index (χ1) is 7.14. The highest BCUT2D eigenvalue weighted by atomic mass is 32.2. The van der Waals surface area contributed by atoms with Crippen molar-refractivity contribution in [3.05, 3.63) is 35.9 Å². The predicted octanol–water partition coefficient (Wildman–Crippen LogP) is 2.55. The molecule has 0 amide bonds. The number of benzene rings is 1. The molecule has 0 aliphatic heterocycles. The lowest BCUT2D eigenvalue weighted by Crippen LogP contribution is -2.34. The van der Waals surface area contributed by atoms with Crippen molar-refractivity contribution in [2.45, 2.75) is 24.6 Å². The topological polar surface area (TPSA) is 49.8 Å². The largest absolute Gasteiger partial charge is 0.314 e. The second-order valence-corrected chi connectivity index (χ2v) is 4.92. The van der Waals surface area contributed by atoms with Gasteiger partial charge in [-0.05, 0) is 24.7 Å². The molecule has 0 aliphatic carbocycles. The van der Waals surface area contributed by atoms with E-state index < -0.39 is 5.54 Å². The van der Waals surface area contributed by atoms with Crippen molar-refractivity contribution in [2.24, 2.45) is 5.73 Å². The molecule has 1 unspecified atom stereocenters. The predicted molar refractivity (Wildman–Crippen MR) is 65.4 cm³/mol. The quantitative estimate of drug-likeness (QED) is 0.776. The first-order valence-electron chi connectivity index (χ1n) is 4.96. The second-order valence-electron chi connectivity index (χ2n) is 3.82. The molecule has 15 heavy (non-hydrogen) atoms. The molecule has 80 valence electrons. The first-order valence-corrected chi connectivity index (χ1v) is 6.11. The Labute approximate surface area is 95.5 Å². The van der Waals surface area contributed by atoms with Gasteiger partial charge in [0.05, 0.1) is 6.07 Å². The molecule has 2 nitrogen and oxygen atoms in total. The molecule has 0 aromatic heterocycles. The van der Waals surface area contributed by atoms with Crippen molar-refractivity contribution in [1.82, 2.24) is 0 Å². The van der Waals surface area contributed by atoms with E-state index >= 15 is 0 Å². The summed E-state index contributed by atoms with van der Waals surface area (Å²) in [7, 11) is 0. The Hall–Kier alpha value is -0.980. The van der Waals surface area contributed by atoms with Crippen LogP contribution in [0.3, 0.4) is 0 Å². The number of nitrogens with two attached hydrogens (primary N) is 1. The first kappa shape index (κ1) is 12.1. The van der Waals surface area contributed by atoms with E-state index in [1.54, 1.807) is 6.92 Å². The normalized spacial score (nSPS) is 14.2. The van der Waals surface area contributed by atoms with E-state index in [0.717, 1.165) is 17.9 Å². The highest BCUT2D eigenvalue weighted by Gasteiger charge is 2.15. The number of rotatable bonds is 5. The maximum atomic E-state index is 8.73. The third-order valence-electron chi connectivity index (χ3n) is 2.13. The summed E-state index contributed by atoms with van der Waals surface area (Å²) >= 11 is 1.82. The van der Waals surface area contributed by atoms with E-state index in [2.05, 4.69) is 18.2 Å². The molecule has 2 N–H and O–H groups in total. The van der Waals surface area contributed by atoms with Crippen LogP contribution in [-0.4, -0.2) is 11.3 Å². The van der Waals surface area contributed by atoms with Crippen molar-refractivity contribution in [2.75, 3.05) is 5.75 Å². The van der Waals surface area contributed by atoms with Gasteiger partial charge in [-0.3, -0.25) is 0 Å². The molecule has 0 heterocycles. The number of nitrogens with zero attached hydrogens (tertiary/aromatic N) is 1. The third kappa shape index (κ3) is 4.87. The van der Waals surface area contributed by atoms with Gasteiger partial charge >= 0.3 is 0 Å². The fraction of sp³-hybridized carbons (Fsp3) is 0.417. The molecular formula is C12H16N2S. The maximum absolute atomic E-state index is 8.73. The molecule has 1 aromatic rings. The minimum absolute atomic E-state index is 0.677. The molecular weight excluding hydrogens is 204 g/mol. The van der Waals surface area contributed by atoms with Crippen LogP contribution >= 0.6 is 11.8 Å². The molecule has 1 atom stereocenters.